The van der Waals surface area contributed by atoms with Gasteiger partial charge in [0.2, 0.25) is 0 Å². The molecule has 11 heteroatoms. The maximum Gasteiger partial charge on any atom is 0.271 e. The molecular weight excluding hydrogens is 429 g/mol. The van der Waals surface area contributed by atoms with Crippen molar-refractivity contribution in [3.63, 3.8) is 0 Å². The number of anilines is 2. The Morgan fingerprint density at radius 2 is 1.68 bits per heavy atom. The predicted octanol–water partition coefficient (Wildman–Crippen LogP) is 3.80. The van der Waals surface area contributed by atoms with E-state index in [1.54, 1.807) is 0 Å². The number of benzene rings is 3. The first-order chi connectivity index (χ1) is 14.7. The van der Waals surface area contributed by atoms with Crippen LogP contribution >= 0.6 is 0 Å². The Kier molecular flexibility index (Phi) is 6.16. The molecule has 0 atom stereocenters. The summed E-state index contributed by atoms with van der Waals surface area (Å²) in [4.78, 5) is 22.7. The smallest absolute Gasteiger partial charge is 0.271 e. The number of rotatable bonds is 7. The minimum absolute atomic E-state index is 0.114. The summed E-state index contributed by atoms with van der Waals surface area (Å²) >= 11 is 0. The van der Waals surface area contributed by atoms with Crippen LogP contribution in [0, 0.1) is 15.9 Å². The zero-order chi connectivity index (χ0) is 22.6. The SMILES string of the molecule is COc1ccc([N+](=O)[O-])cc1NC(=O)c1ccc(NS(=O)(=O)c2ccc(F)cc2)cc1. The van der Waals surface area contributed by atoms with Gasteiger partial charge in [0.05, 0.1) is 22.6 Å². The lowest BCUT2D eigenvalue weighted by Crippen LogP contribution is -2.14. The molecule has 3 aromatic carbocycles. The Hall–Kier alpha value is -3.99. The van der Waals surface area contributed by atoms with Crippen LogP contribution in [0.1, 0.15) is 10.4 Å². The summed E-state index contributed by atoms with van der Waals surface area (Å²) in [5, 5.41) is 13.5. The van der Waals surface area contributed by atoms with Gasteiger partial charge >= 0.3 is 0 Å². The maximum atomic E-state index is 13.0. The number of nitro groups is 1. The van der Waals surface area contributed by atoms with Gasteiger partial charge in [0.25, 0.3) is 21.6 Å². The molecule has 0 heterocycles. The number of sulfonamides is 1. The fraction of sp³-hybridized carbons (Fsp3) is 0.0500. The highest BCUT2D eigenvalue weighted by Crippen LogP contribution is 2.29. The van der Waals surface area contributed by atoms with Gasteiger partial charge in [0, 0.05) is 23.4 Å². The molecule has 0 bridgehead atoms. The average Bonchev–Trinajstić information content (AvgIpc) is 2.74. The van der Waals surface area contributed by atoms with Gasteiger partial charge in [-0.3, -0.25) is 19.6 Å². The monoisotopic (exact) mass is 445 g/mol. The number of ether oxygens (including phenoxy) is 1. The zero-order valence-corrected chi connectivity index (χ0v) is 16.9. The van der Waals surface area contributed by atoms with E-state index >= 15 is 0 Å². The summed E-state index contributed by atoms with van der Waals surface area (Å²) < 4.78 is 45.1. The molecule has 0 saturated heterocycles. The summed E-state index contributed by atoms with van der Waals surface area (Å²) in [5.41, 5.74) is 0.261. The van der Waals surface area contributed by atoms with E-state index < -0.39 is 26.7 Å². The lowest BCUT2D eigenvalue weighted by Gasteiger charge is -2.11. The van der Waals surface area contributed by atoms with Crippen LogP contribution in [0.25, 0.3) is 0 Å². The molecule has 0 aliphatic rings. The molecule has 0 radical (unpaired) electrons. The highest BCUT2D eigenvalue weighted by atomic mass is 32.2. The Bertz CT molecular complexity index is 1230. The lowest BCUT2D eigenvalue weighted by molar-refractivity contribution is -0.384. The van der Waals surface area contributed by atoms with E-state index in [0.717, 1.165) is 24.3 Å². The molecule has 0 unspecified atom stereocenters. The first kappa shape index (κ1) is 21.7. The van der Waals surface area contributed by atoms with Gasteiger partial charge in [-0.05, 0) is 54.6 Å². The highest BCUT2D eigenvalue weighted by Gasteiger charge is 2.16. The van der Waals surface area contributed by atoms with Gasteiger partial charge in [-0.2, -0.15) is 0 Å². The molecule has 3 rings (SSSR count). The third-order valence-corrected chi connectivity index (χ3v) is 5.56. The van der Waals surface area contributed by atoms with E-state index in [-0.39, 0.29) is 33.3 Å². The van der Waals surface area contributed by atoms with E-state index in [2.05, 4.69) is 10.0 Å². The van der Waals surface area contributed by atoms with E-state index in [4.69, 9.17) is 4.74 Å². The molecule has 0 saturated carbocycles. The number of nitro benzene ring substituents is 1. The molecule has 9 nitrogen and oxygen atoms in total. The predicted molar refractivity (Wildman–Crippen MR) is 111 cm³/mol. The minimum Gasteiger partial charge on any atom is -0.495 e. The van der Waals surface area contributed by atoms with E-state index in [9.17, 15) is 27.7 Å². The van der Waals surface area contributed by atoms with E-state index in [1.807, 2.05) is 0 Å². The van der Waals surface area contributed by atoms with Crippen LogP contribution in [0.2, 0.25) is 0 Å². The van der Waals surface area contributed by atoms with Gasteiger partial charge in [-0.1, -0.05) is 0 Å². The van der Waals surface area contributed by atoms with Gasteiger partial charge in [0.15, 0.2) is 0 Å². The van der Waals surface area contributed by atoms with Gasteiger partial charge in [0.1, 0.15) is 11.6 Å². The van der Waals surface area contributed by atoms with Gasteiger partial charge in [-0.15, -0.1) is 0 Å². The molecule has 0 aliphatic carbocycles. The number of methoxy groups -OCH3 is 1. The maximum absolute atomic E-state index is 13.0. The summed E-state index contributed by atoms with van der Waals surface area (Å²) in [5.74, 6) is -0.899. The van der Waals surface area contributed by atoms with E-state index in [0.29, 0.717) is 0 Å². The second-order valence-electron chi connectivity index (χ2n) is 6.23. The Labute approximate surface area is 176 Å². The van der Waals surface area contributed by atoms with Crippen LogP contribution < -0.4 is 14.8 Å². The second-order valence-corrected chi connectivity index (χ2v) is 7.91. The van der Waals surface area contributed by atoms with Crippen molar-refractivity contribution in [1.29, 1.82) is 0 Å². The number of nitrogens with one attached hydrogen (secondary N) is 2. The number of hydrogen-bond donors (Lipinski definition) is 2. The van der Waals surface area contributed by atoms with Crippen molar-refractivity contribution in [3.8, 4) is 5.75 Å². The van der Waals surface area contributed by atoms with Crippen LogP contribution in [0.15, 0.2) is 71.6 Å². The first-order valence-corrected chi connectivity index (χ1v) is 10.2. The third-order valence-electron chi connectivity index (χ3n) is 4.17. The van der Waals surface area contributed by atoms with E-state index in [1.165, 1.54) is 49.6 Å². The molecule has 0 spiro atoms. The molecule has 31 heavy (non-hydrogen) atoms. The molecule has 0 fully saturated rings. The van der Waals surface area contributed by atoms with Gasteiger partial charge < -0.3 is 10.1 Å². The normalized spacial score (nSPS) is 10.9. The van der Waals surface area contributed by atoms with Gasteiger partial charge in [-0.25, -0.2) is 12.8 Å². The van der Waals surface area contributed by atoms with Crippen molar-refractivity contribution in [2.45, 2.75) is 4.90 Å². The van der Waals surface area contributed by atoms with Crippen LogP contribution in [0.3, 0.4) is 0 Å². The molecule has 2 N–H and O–H groups in total. The lowest BCUT2D eigenvalue weighted by atomic mass is 10.2. The quantitative estimate of drug-likeness (QED) is 0.421. The Morgan fingerprint density at radius 3 is 2.26 bits per heavy atom. The fourth-order valence-electron chi connectivity index (χ4n) is 2.62. The van der Waals surface area contributed by atoms with Crippen molar-refractivity contribution in [1.82, 2.24) is 0 Å². The zero-order valence-electron chi connectivity index (χ0n) is 16.0. The first-order valence-electron chi connectivity index (χ1n) is 8.72. The second kappa shape index (κ2) is 8.79. The summed E-state index contributed by atoms with van der Waals surface area (Å²) in [7, 11) is -2.57. The molecule has 0 aliphatic heterocycles. The fourth-order valence-corrected chi connectivity index (χ4v) is 3.68. The number of hydrogen-bond acceptors (Lipinski definition) is 6. The Morgan fingerprint density at radius 1 is 1.03 bits per heavy atom. The van der Waals surface area contributed by atoms with Crippen LogP contribution in [0.4, 0.5) is 21.5 Å². The Balaban J connectivity index is 1.76. The van der Waals surface area contributed by atoms with Crippen molar-refractivity contribution >= 4 is 33.0 Å². The number of amides is 1. The summed E-state index contributed by atoms with van der Waals surface area (Å²) in [6, 6.07) is 13.6. The largest absolute Gasteiger partial charge is 0.495 e. The van der Waals surface area contributed by atoms with Crippen molar-refractivity contribution in [3.05, 3.63) is 88.2 Å². The molecular formula is C20H16FN3O6S. The van der Waals surface area contributed by atoms with Crippen molar-refractivity contribution in [2.24, 2.45) is 0 Å². The highest BCUT2D eigenvalue weighted by molar-refractivity contribution is 7.92. The topological polar surface area (TPSA) is 128 Å². The average molecular weight is 445 g/mol. The molecule has 0 aromatic heterocycles. The molecule has 3 aromatic rings. The van der Waals surface area contributed by atoms with Crippen LogP contribution in [-0.4, -0.2) is 26.4 Å². The molecule has 1 amide bonds. The van der Waals surface area contributed by atoms with Crippen molar-refractivity contribution in [2.75, 3.05) is 17.1 Å². The minimum atomic E-state index is -3.93. The number of halogens is 1. The third kappa shape index (κ3) is 5.14. The number of nitrogens with zero attached hydrogens (tertiary/aromatic N) is 1. The standard InChI is InChI=1S/C20H16FN3O6S/c1-30-19-11-8-16(24(26)27)12-18(19)22-20(25)13-2-6-15(7-3-13)23-31(28,29)17-9-4-14(21)5-10-17/h2-12,23H,1H3,(H,22,25). The number of non-ortho nitro benzene ring substituents is 1. The number of carbonyl (C=O) groups excluding carboxylic acids is 1. The number of carbonyl (C=O) groups is 1. The summed E-state index contributed by atoms with van der Waals surface area (Å²) in [6.07, 6.45) is 0. The van der Waals surface area contributed by atoms with Crippen LogP contribution in [0.5, 0.6) is 5.75 Å². The summed E-state index contributed by atoms with van der Waals surface area (Å²) in [6.45, 7) is 0. The van der Waals surface area contributed by atoms with Crippen LogP contribution in [-0.2, 0) is 10.0 Å². The molecule has 160 valence electrons. The van der Waals surface area contributed by atoms with Crippen molar-refractivity contribution < 1.29 is 27.3 Å².